The van der Waals surface area contributed by atoms with Crippen LogP contribution in [0.4, 0.5) is 0 Å². The Kier molecular flexibility index (Phi) is 9.36. The van der Waals surface area contributed by atoms with Gasteiger partial charge in [-0.3, -0.25) is 4.79 Å². The molecule has 6 rings (SSSR count). The minimum Gasteiger partial charge on any atom is -0.490 e. The molecule has 4 atom stereocenters. The Hall–Kier alpha value is -3.59. The minimum absolute atomic E-state index is 0.0397. The zero-order valence-corrected chi connectivity index (χ0v) is 26.8. The standard InChI is InChI=1S/C36H38ClNO6S/c1-2-3-24-4-13-31(20-24)44-32-16-9-28-22-34(17-10-27(28)21-32)45(41,42)38-19-18-33(23-35(38)36(39)40)43-30-14-7-26(8-15-30)25-5-11-29(37)12-6-25/h5-12,14-17,21-22,24,31,33,35H,2-4,13,18-20,23H2,1H3,(H,39,40)/t24?,31?,33-,35-/m1/s1. The summed E-state index contributed by atoms with van der Waals surface area (Å²) in [6, 6.07) is 24.5. The molecule has 236 valence electrons. The van der Waals surface area contributed by atoms with Gasteiger partial charge in [0.2, 0.25) is 10.0 Å². The number of fused-ring (bicyclic) bond motifs is 1. The van der Waals surface area contributed by atoms with Crippen molar-refractivity contribution >= 4 is 38.4 Å². The average molecular weight is 648 g/mol. The van der Waals surface area contributed by atoms with E-state index in [4.69, 9.17) is 21.1 Å². The number of halogens is 1. The van der Waals surface area contributed by atoms with Crippen LogP contribution in [0, 0.1) is 5.92 Å². The zero-order chi connectivity index (χ0) is 31.6. The highest BCUT2D eigenvalue weighted by molar-refractivity contribution is 7.89. The van der Waals surface area contributed by atoms with Crippen LogP contribution in [0.25, 0.3) is 21.9 Å². The fraction of sp³-hybridized carbons (Fsp3) is 0.361. The van der Waals surface area contributed by atoms with Gasteiger partial charge in [-0.1, -0.05) is 67.8 Å². The molecule has 1 heterocycles. The normalized spacial score (nSPS) is 22.4. The summed E-state index contributed by atoms with van der Waals surface area (Å²) >= 11 is 6.00. The van der Waals surface area contributed by atoms with Crippen LogP contribution in [0.5, 0.6) is 11.5 Å². The first-order valence-corrected chi connectivity index (χ1v) is 17.5. The predicted molar refractivity (Wildman–Crippen MR) is 176 cm³/mol. The number of piperidine rings is 1. The zero-order valence-electron chi connectivity index (χ0n) is 25.3. The third-order valence-corrected chi connectivity index (χ3v) is 11.2. The van der Waals surface area contributed by atoms with Gasteiger partial charge >= 0.3 is 5.97 Å². The first-order valence-electron chi connectivity index (χ1n) is 15.7. The molecule has 0 spiro atoms. The summed E-state index contributed by atoms with van der Waals surface area (Å²) in [5.74, 6) is 0.921. The molecule has 9 heteroatoms. The summed E-state index contributed by atoms with van der Waals surface area (Å²) in [5.41, 5.74) is 2.01. The molecule has 0 bridgehead atoms. The van der Waals surface area contributed by atoms with Gasteiger partial charge in [0.1, 0.15) is 23.6 Å². The number of ether oxygens (including phenoxy) is 2. The molecule has 2 aliphatic rings. The first-order chi connectivity index (χ1) is 21.7. The van der Waals surface area contributed by atoms with E-state index in [0.717, 1.165) is 50.7 Å². The fourth-order valence-corrected chi connectivity index (χ4v) is 8.43. The summed E-state index contributed by atoms with van der Waals surface area (Å²) < 4.78 is 41.0. The van der Waals surface area contributed by atoms with Gasteiger partial charge in [0.15, 0.2) is 0 Å². The molecule has 1 aliphatic carbocycles. The molecule has 45 heavy (non-hydrogen) atoms. The maximum Gasteiger partial charge on any atom is 0.322 e. The van der Waals surface area contributed by atoms with Crippen LogP contribution in [-0.2, 0) is 14.8 Å². The van der Waals surface area contributed by atoms with Crippen molar-refractivity contribution in [3.05, 3.63) is 90.0 Å². The van der Waals surface area contributed by atoms with Crippen LogP contribution < -0.4 is 9.47 Å². The topological polar surface area (TPSA) is 93.1 Å². The number of hydrogen-bond donors (Lipinski definition) is 1. The van der Waals surface area contributed by atoms with Crippen LogP contribution in [0.3, 0.4) is 0 Å². The first kappa shape index (κ1) is 31.4. The van der Waals surface area contributed by atoms with E-state index < -0.39 is 28.1 Å². The molecule has 2 fully saturated rings. The van der Waals surface area contributed by atoms with E-state index in [-0.39, 0.29) is 24.0 Å². The summed E-state index contributed by atoms with van der Waals surface area (Å²) in [4.78, 5) is 12.4. The lowest BCUT2D eigenvalue weighted by atomic mass is 10.0. The lowest BCUT2D eigenvalue weighted by Gasteiger charge is -2.36. The Balaban J connectivity index is 1.12. The quantitative estimate of drug-likeness (QED) is 0.187. The van der Waals surface area contributed by atoms with E-state index in [2.05, 4.69) is 6.92 Å². The van der Waals surface area contributed by atoms with Gasteiger partial charge in [-0.15, -0.1) is 0 Å². The van der Waals surface area contributed by atoms with E-state index in [1.165, 1.54) is 19.3 Å². The van der Waals surface area contributed by atoms with Crippen LogP contribution >= 0.6 is 11.6 Å². The third-order valence-electron chi connectivity index (χ3n) is 9.01. The Morgan fingerprint density at radius 1 is 0.822 bits per heavy atom. The number of nitrogens with zero attached hydrogens (tertiary/aromatic N) is 1. The number of sulfonamides is 1. The molecular formula is C36H38ClNO6S. The van der Waals surface area contributed by atoms with Gasteiger partial charge in [0, 0.05) is 18.0 Å². The maximum absolute atomic E-state index is 13.8. The Labute approximate surface area is 269 Å². The summed E-state index contributed by atoms with van der Waals surface area (Å²) in [6.07, 6.45) is 5.96. The molecule has 1 saturated carbocycles. The molecule has 7 nitrogen and oxygen atoms in total. The van der Waals surface area contributed by atoms with Crippen molar-refractivity contribution in [3.63, 3.8) is 0 Å². The summed E-state index contributed by atoms with van der Waals surface area (Å²) in [7, 11) is -4.07. The summed E-state index contributed by atoms with van der Waals surface area (Å²) in [6.45, 7) is 2.26. The van der Waals surface area contributed by atoms with Crippen LogP contribution in [0.15, 0.2) is 89.8 Å². The number of carboxylic acids is 1. The molecule has 4 aromatic carbocycles. The van der Waals surface area contributed by atoms with Crippen molar-refractivity contribution in [1.82, 2.24) is 4.31 Å². The van der Waals surface area contributed by atoms with Gasteiger partial charge in [-0.05, 0) is 102 Å². The second kappa shape index (κ2) is 13.4. The third kappa shape index (κ3) is 7.13. The van der Waals surface area contributed by atoms with E-state index in [1.54, 1.807) is 18.2 Å². The molecule has 2 unspecified atom stereocenters. The monoisotopic (exact) mass is 647 g/mol. The largest absolute Gasteiger partial charge is 0.490 e. The highest BCUT2D eigenvalue weighted by Gasteiger charge is 2.41. The van der Waals surface area contributed by atoms with E-state index in [0.29, 0.717) is 17.2 Å². The van der Waals surface area contributed by atoms with Crippen LogP contribution in [0.2, 0.25) is 5.02 Å². The van der Waals surface area contributed by atoms with Gasteiger partial charge in [-0.2, -0.15) is 4.31 Å². The summed E-state index contributed by atoms with van der Waals surface area (Å²) in [5, 5.41) is 12.4. The number of carboxylic acid groups (broad SMARTS) is 1. The maximum atomic E-state index is 13.8. The number of hydrogen-bond acceptors (Lipinski definition) is 5. The molecule has 4 aromatic rings. The van der Waals surface area contributed by atoms with Crippen molar-refractivity contribution in [2.45, 2.75) is 75.0 Å². The number of aliphatic carboxylic acids is 1. The van der Waals surface area contributed by atoms with Crippen LogP contribution in [0.1, 0.15) is 51.9 Å². The lowest BCUT2D eigenvalue weighted by molar-refractivity contribution is -0.143. The molecule has 0 amide bonds. The van der Waals surface area contributed by atoms with Gasteiger partial charge in [0.25, 0.3) is 0 Å². The lowest BCUT2D eigenvalue weighted by Crippen LogP contribution is -2.52. The van der Waals surface area contributed by atoms with Crippen molar-refractivity contribution in [2.24, 2.45) is 5.92 Å². The highest BCUT2D eigenvalue weighted by atomic mass is 35.5. The van der Waals surface area contributed by atoms with Crippen LogP contribution in [-0.4, -0.2) is 48.6 Å². The van der Waals surface area contributed by atoms with E-state index >= 15 is 0 Å². The van der Waals surface area contributed by atoms with E-state index in [9.17, 15) is 18.3 Å². The Bertz CT molecular complexity index is 1760. The van der Waals surface area contributed by atoms with Crippen molar-refractivity contribution in [2.75, 3.05) is 6.54 Å². The second-order valence-electron chi connectivity index (χ2n) is 12.1. The smallest absolute Gasteiger partial charge is 0.322 e. The molecule has 1 N–H and O–H groups in total. The predicted octanol–water partition coefficient (Wildman–Crippen LogP) is 8.19. The average Bonchev–Trinajstić information content (AvgIpc) is 3.48. The minimum atomic E-state index is -4.07. The number of carbonyl (C=O) groups is 1. The van der Waals surface area contributed by atoms with E-state index in [1.807, 2.05) is 66.7 Å². The fourth-order valence-electron chi connectivity index (χ4n) is 6.66. The van der Waals surface area contributed by atoms with Gasteiger partial charge < -0.3 is 14.6 Å². The van der Waals surface area contributed by atoms with Crippen molar-refractivity contribution < 1.29 is 27.8 Å². The van der Waals surface area contributed by atoms with Gasteiger partial charge in [0.05, 0.1) is 11.0 Å². The molecule has 1 aliphatic heterocycles. The molecule has 0 aromatic heterocycles. The van der Waals surface area contributed by atoms with Gasteiger partial charge in [-0.25, -0.2) is 8.42 Å². The van der Waals surface area contributed by atoms with Crippen molar-refractivity contribution in [3.8, 4) is 22.6 Å². The number of benzene rings is 4. The Morgan fingerprint density at radius 3 is 2.16 bits per heavy atom. The Morgan fingerprint density at radius 2 is 1.44 bits per heavy atom. The highest BCUT2D eigenvalue weighted by Crippen LogP contribution is 2.34. The second-order valence-corrected chi connectivity index (χ2v) is 14.5. The molecular weight excluding hydrogens is 610 g/mol. The molecule has 1 saturated heterocycles. The number of rotatable bonds is 10. The van der Waals surface area contributed by atoms with Crippen molar-refractivity contribution in [1.29, 1.82) is 0 Å². The molecule has 0 radical (unpaired) electrons. The SMILES string of the molecule is CCCC1CCC(Oc2ccc3cc(S(=O)(=O)N4CC[C@@H](Oc5ccc(-c6ccc(Cl)cc6)cc5)C[C@@H]4C(=O)O)ccc3c2)C1.